The second-order valence-corrected chi connectivity index (χ2v) is 6.02. The quantitative estimate of drug-likeness (QED) is 0.681. The molecule has 12 heavy (non-hydrogen) atoms. The summed E-state index contributed by atoms with van der Waals surface area (Å²) in [7, 11) is 0. The third kappa shape index (κ3) is 1.82. The molecular weight excluding hydrogens is 279 g/mol. The molecule has 0 amide bonds. The Balaban J connectivity index is 2.21. The van der Waals surface area contributed by atoms with Crippen molar-refractivity contribution < 1.29 is 0 Å². The molecule has 0 nitrogen and oxygen atoms in total. The highest BCUT2D eigenvalue weighted by Crippen LogP contribution is 2.48. The fraction of sp³-hybridized carbons (Fsp3) is 0.500. The summed E-state index contributed by atoms with van der Waals surface area (Å²) in [5, 5.41) is 0.179. The molecule has 2 rings (SSSR count). The van der Waals surface area contributed by atoms with Gasteiger partial charge in [0.05, 0.1) is 5.38 Å². The van der Waals surface area contributed by atoms with Gasteiger partial charge in [0.15, 0.2) is 0 Å². The first-order chi connectivity index (χ1) is 5.68. The minimum atomic E-state index is 0.179. The molecule has 0 radical (unpaired) electrons. The van der Waals surface area contributed by atoms with Crippen LogP contribution in [0.5, 0.6) is 0 Å². The molecule has 1 unspecified atom stereocenters. The van der Waals surface area contributed by atoms with Crippen molar-refractivity contribution >= 4 is 50.5 Å². The van der Waals surface area contributed by atoms with Crippen molar-refractivity contribution in [2.24, 2.45) is 5.92 Å². The predicted molar refractivity (Wildman–Crippen MR) is 58.3 cm³/mol. The Labute approximate surface area is 94.0 Å². The molecule has 1 aromatic rings. The largest absolute Gasteiger partial charge is 0.126 e. The lowest BCUT2D eigenvalue weighted by atomic mass is 10.2. The molecule has 1 aromatic heterocycles. The molecule has 1 aliphatic carbocycles. The van der Waals surface area contributed by atoms with Gasteiger partial charge in [0, 0.05) is 9.35 Å². The van der Waals surface area contributed by atoms with E-state index in [1.807, 2.05) is 6.07 Å². The molecule has 0 aromatic carbocycles. The van der Waals surface area contributed by atoms with Crippen LogP contribution in [-0.4, -0.2) is 0 Å². The van der Waals surface area contributed by atoms with Gasteiger partial charge in [0.25, 0.3) is 0 Å². The maximum absolute atomic E-state index is 6.22. The van der Waals surface area contributed by atoms with Gasteiger partial charge in [-0.25, -0.2) is 0 Å². The minimum absolute atomic E-state index is 0.179. The second kappa shape index (κ2) is 3.49. The van der Waals surface area contributed by atoms with Crippen LogP contribution >= 0.6 is 50.5 Å². The van der Waals surface area contributed by atoms with E-state index in [0.29, 0.717) is 5.92 Å². The van der Waals surface area contributed by atoms with Gasteiger partial charge >= 0.3 is 0 Å². The van der Waals surface area contributed by atoms with Gasteiger partial charge in [-0.1, -0.05) is 11.6 Å². The zero-order chi connectivity index (χ0) is 8.72. The summed E-state index contributed by atoms with van der Waals surface area (Å²) < 4.78 is 1.77. The van der Waals surface area contributed by atoms with Gasteiger partial charge in [-0.15, -0.1) is 22.9 Å². The summed E-state index contributed by atoms with van der Waals surface area (Å²) in [6.45, 7) is 0. The minimum Gasteiger partial charge on any atom is -0.126 e. The normalized spacial score (nSPS) is 19.6. The Morgan fingerprint density at radius 2 is 2.25 bits per heavy atom. The van der Waals surface area contributed by atoms with Crippen LogP contribution in [0.2, 0.25) is 4.34 Å². The van der Waals surface area contributed by atoms with Crippen molar-refractivity contribution in [3.8, 4) is 0 Å². The standard InChI is InChI=1S/C8H7BrCl2S/c9-5-3-6(12-8(5)11)7(10)4-1-2-4/h3-4,7H,1-2H2. The Bertz CT molecular complexity index is 274. The third-order valence-corrected chi connectivity index (χ3v) is 5.25. The number of hydrogen-bond donors (Lipinski definition) is 0. The number of thiophene rings is 1. The summed E-state index contributed by atoms with van der Waals surface area (Å²) in [5.74, 6) is 0.688. The Hall–Kier alpha value is 0.760. The van der Waals surface area contributed by atoms with E-state index in [-0.39, 0.29) is 5.38 Å². The van der Waals surface area contributed by atoms with Crippen LogP contribution in [0.15, 0.2) is 10.5 Å². The van der Waals surface area contributed by atoms with E-state index < -0.39 is 0 Å². The monoisotopic (exact) mass is 284 g/mol. The average Bonchev–Trinajstić information content (AvgIpc) is 2.80. The van der Waals surface area contributed by atoms with Crippen molar-refractivity contribution in [3.05, 3.63) is 19.8 Å². The Morgan fingerprint density at radius 3 is 2.67 bits per heavy atom. The molecule has 66 valence electrons. The summed E-state index contributed by atoms with van der Waals surface area (Å²) in [6, 6.07) is 2.03. The number of hydrogen-bond acceptors (Lipinski definition) is 1. The first-order valence-corrected chi connectivity index (χ1v) is 6.19. The zero-order valence-electron chi connectivity index (χ0n) is 6.19. The molecule has 1 heterocycles. The van der Waals surface area contributed by atoms with Crippen molar-refractivity contribution in [2.45, 2.75) is 18.2 Å². The molecule has 0 bridgehead atoms. The lowest BCUT2D eigenvalue weighted by Crippen LogP contribution is -1.86. The zero-order valence-corrected chi connectivity index (χ0v) is 10.1. The highest BCUT2D eigenvalue weighted by Gasteiger charge is 2.32. The SMILES string of the molecule is Clc1sc(C(Cl)C2CC2)cc1Br. The van der Waals surface area contributed by atoms with Crippen LogP contribution in [0.25, 0.3) is 0 Å². The molecule has 1 saturated carbocycles. The van der Waals surface area contributed by atoms with E-state index in [1.54, 1.807) is 11.3 Å². The van der Waals surface area contributed by atoms with Crippen molar-refractivity contribution in [1.29, 1.82) is 0 Å². The molecule has 0 aliphatic heterocycles. The molecule has 4 heteroatoms. The molecule has 0 N–H and O–H groups in total. The van der Waals surface area contributed by atoms with Gasteiger partial charge in [-0.05, 0) is 40.8 Å². The fourth-order valence-electron chi connectivity index (χ4n) is 1.12. The molecular formula is C8H7BrCl2S. The van der Waals surface area contributed by atoms with Gasteiger partial charge in [-0.2, -0.15) is 0 Å². The molecule has 1 fully saturated rings. The predicted octanol–water partition coefficient (Wildman–Crippen LogP) is 4.85. The third-order valence-electron chi connectivity index (χ3n) is 1.97. The highest BCUT2D eigenvalue weighted by molar-refractivity contribution is 9.10. The smallest absolute Gasteiger partial charge is 0.107 e. The van der Waals surface area contributed by atoms with Crippen LogP contribution in [0, 0.1) is 5.92 Å². The van der Waals surface area contributed by atoms with E-state index in [1.165, 1.54) is 17.7 Å². The second-order valence-electron chi connectivity index (χ2n) is 3.01. The van der Waals surface area contributed by atoms with Crippen molar-refractivity contribution in [2.75, 3.05) is 0 Å². The lowest BCUT2D eigenvalue weighted by Gasteiger charge is -2.02. The Kier molecular flexibility index (Phi) is 2.71. The summed E-state index contributed by atoms with van der Waals surface area (Å²) in [5.41, 5.74) is 0. The van der Waals surface area contributed by atoms with Crippen molar-refractivity contribution in [3.63, 3.8) is 0 Å². The summed E-state index contributed by atoms with van der Waals surface area (Å²) >= 11 is 17.1. The Morgan fingerprint density at radius 1 is 1.58 bits per heavy atom. The topological polar surface area (TPSA) is 0 Å². The van der Waals surface area contributed by atoms with Gasteiger partial charge < -0.3 is 0 Å². The average molecular weight is 286 g/mol. The van der Waals surface area contributed by atoms with Crippen LogP contribution in [-0.2, 0) is 0 Å². The van der Waals surface area contributed by atoms with E-state index in [2.05, 4.69) is 15.9 Å². The fourth-order valence-corrected chi connectivity index (χ4v) is 3.38. The van der Waals surface area contributed by atoms with Crippen molar-refractivity contribution in [1.82, 2.24) is 0 Å². The van der Waals surface area contributed by atoms with Crippen LogP contribution in [0.1, 0.15) is 23.1 Å². The lowest BCUT2D eigenvalue weighted by molar-refractivity contribution is 0.811. The molecule has 0 spiro atoms. The first kappa shape index (κ1) is 9.32. The van der Waals surface area contributed by atoms with E-state index in [4.69, 9.17) is 23.2 Å². The van der Waals surface area contributed by atoms with Crippen LogP contribution in [0.4, 0.5) is 0 Å². The number of rotatable bonds is 2. The first-order valence-electron chi connectivity index (χ1n) is 3.77. The van der Waals surface area contributed by atoms with E-state index >= 15 is 0 Å². The van der Waals surface area contributed by atoms with Crippen LogP contribution < -0.4 is 0 Å². The summed E-state index contributed by atoms with van der Waals surface area (Å²) in [6.07, 6.45) is 2.53. The number of halogens is 3. The van der Waals surface area contributed by atoms with E-state index in [0.717, 1.165) is 8.81 Å². The summed E-state index contributed by atoms with van der Waals surface area (Å²) in [4.78, 5) is 1.19. The van der Waals surface area contributed by atoms with Gasteiger partial charge in [-0.3, -0.25) is 0 Å². The molecule has 0 saturated heterocycles. The number of alkyl halides is 1. The van der Waals surface area contributed by atoms with Gasteiger partial charge in [0.1, 0.15) is 4.34 Å². The molecule has 1 atom stereocenters. The van der Waals surface area contributed by atoms with E-state index in [9.17, 15) is 0 Å². The maximum atomic E-state index is 6.22. The van der Waals surface area contributed by atoms with Crippen LogP contribution in [0.3, 0.4) is 0 Å². The van der Waals surface area contributed by atoms with Gasteiger partial charge in [0.2, 0.25) is 0 Å². The highest BCUT2D eigenvalue weighted by atomic mass is 79.9. The maximum Gasteiger partial charge on any atom is 0.107 e. The molecule has 1 aliphatic rings.